The summed E-state index contributed by atoms with van der Waals surface area (Å²) >= 11 is 0. The van der Waals surface area contributed by atoms with Gasteiger partial charge < -0.3 is 15.0 Å². The third kappa shape index (κ3) is 3.12. The topological polar surface area (TPSA) is 72.3 Å². The van der Waals surface area contributed by atoms with Gasteiger partial charge in [-0.2, -0.15) is 5.10 Å². The lowest BCUT2D eigenvalue weighted by Crippen LogP contribution is -2.37. The molecule has 7 heteroatoms. The van der Waals surface area contributed by atoms with Crippen molar-refractivity contribution in [2.75, 3.05) is 25.6 Å². The number of nitrogens with one attached hydrogen (secondary N) is 1. The van der Waals surface area contributed by atoms with Gasteiger partial charge in [0.2, 0.25) is 0 Å². The van der Waals surface area contributed by atoms with E-state index >= 15 is 0 Å². The van der Waals surface area contributed by atoms with Gasteiger partial charge in [-0.1, -0.05) is 0 Å². The summed E-state index contributed by atoms with van der Waals surface area (Å²) in [7, 11) is 5.78. The van der Waals surface area contributed by atoms with Gasteiger partial charge in [0.05, 0.1) is 24.1 Å². The van der Waals surface area contributed by atoms with E-state index in [0.29, 0.717) is 12.3 Å². The highest BCUT2D eigenvalue weighted by atomic mass is 16.5. The minimum absolute atomic E-state index is 0.0734. The van der Waals surface area contributed by atoms with E-state index in [1.807, 2.05) is 49.9 Å². The van der Waals surface area contributed by atoms with Crippen LogP contribution in [-0.4, -0.2) is 47.4 Å². The molecule has 3 heterocycles. The zero-order valence-electron chi connectivity index (χ0n) is 14.5. The Labute approximate surface area is 141 Å². The smallest absolute Gasteiger partial charge is 0.270 e. The second kappa shape index (κ2) is 6.60. The standard InChI is InChI=1S/C17H23N5O2/c1-11-13(10-19-22(11)4)16-14(7-8-24-16)20-17(23)15-6-5-12(9-18-15)21(2)3/h5-6,9-10,14,16H,7-8H2,1-4H3,(H,20,23)/t14-,16+/m0/s1. The van der Waals surface area contributed by atoms with Crippen LogP contribution in [0.2, 0.25) is 0 Å². The van der Waals surface area contributed by atoms with E-state index in [0.717, 1.165) is 23.4 Å². The quantitative estimate of drug-likeness (QED) is 0.919. The lowest BCUT2D eigenvalue weighted by Gasteiger charge is -2.20. The van der Waals surface area contributed by atoms with Crippen molar-refractivity contribution in [2.45, 2.75) is 25.5 Å². The Morgan fingerprint density at radius 3 is 2.75 bits per heavy atom. The van der Waals surface area contributed by atoms with Crippen LogP contribution < -0.4 is 10.2 Å². The van der Waals surface area contributed by atoms with Gasteiger partial charge in [0.25, 0.3) is 5.91 Å². The molecule has 1 aliphatic heterocycles. The van der Waals surface area contributed by atoms with E-state index in [4.69, 9.17) is 4.74 Å². The molecule has 0 unspecified atom stereocenters. The number of amides is 1. The Bertz CT molecular complexity index is 723. The number of carbonyl (C=O) groups excluding carboxylic acids is 1. The number of pyridine rings is 1. The first kappa shape index (κ1) is 16.4. The lowest BCUT2D eigenvalue weighted by molar-refractivity contribution is 0.0815. The first-order valence-electron chi connectivity index (χ1n) is 8.01. The van der Waals surface area contributed by atoms with Crippen molar-refractivity contribution in [3.8, 4) is 0 Å². The van der Waals surface area contributed by atoms with Crippen LogP contribution in [0, 0.1) is 6.92 Å². The largest absolute Gasteiger partial charge is 0.376 e. The number of hydrogen-bond acceptors (Lipinski definition) is 5. The van der Waals surface area contributed by atoms with Crippen LogP contribution in [0.5, 0.6) is 0 Å². The average molecular weight is 329 g/mol. The van der Waals surface area contributed by atoms with Gasteiger partial charge in [-0.15, -0.1) is 0 Å². The van der Waals surface area contributed by atoms with Gasteiger partial charge in [0, 0.05) is 39.0 Å². The van der Waals surface area contributed by atoms with Crippen LogP contribution in [0.25, 0.3) is 0 Å². The van der Waals surface area contributed by atoms with Crippen LogP contribution in [0.3, 0.4) is 0 Å². The van der Waals surface area contributed by atoms with Crippen molar-refractivity contribution < 1.29 is 9.53 Å². The van der Waals surface area contributed by atoms with Crippen LogP contribution in [-0.2, 0) is 11.8 Å². The highest BCUT2D eigenvalue weighted by Crippen LogP contribution is 2.31. The molecule has 1 amide bonds. The highest BCUT2D eigenvalue weighted by Gasteiger charge is 2.33. The molecule has 2 aromatic rings. The minimum Gasteiger partial charge on any atom is -0.376 e. The summed E-state index contributed by atoms with van der Waals surface area (Å²) in [6.45, 7) is 2.63. The van der Waals surface area contributed by atoms with Crippen molar-refractivity contribution in [3.05, 3.63) is 41.5 Å². The van der Waals surface area contributed by atoms with Crippen LogP contribution in [0.4, 0.5) is 5.69 Å². The number of rotatable bonds is 4. The Balaban J connectivity index is 1.72. The third-order valence-electron chi connectivity index (χ3n) is 4.48. The van der Waals surface area contributed by atoms with E-state index < -0.39 is 0 Å². The molecule has 2 aromatic heterocycles. The fourth-order valence-electron chi connectivity index (χ4n) is 2.87. The maximum atomic E-state index is 12.5. The molecular formula is C17H23N5O2. The molecule has 0 saturated carbocycles. The molecule has 0 aliphatic carbocycles. The summed E-state index contributed by atoms with van der Waals surface area (Å²) in [6, 6.07) is 3.55. The van der Waals surface area contributed by atoms with E-state index in [9.17, 15) is 4.79 Å². The van der Waals surface area contributed by atoms with Gasteiger partial charge >= 0.3 is 0 Å². The van der Waals surface area contributed by atoms with Crippen molar-refractivity contribution in [3.63, 3.8) is 0 Å². The van der Waals surface area contributed by atoms with E-state index in [2.05, 4.69) is 15.4 Å². The first-order chi connectivity index (χ1) is 11.5. The zero-order chi connectivity index (χ0) is 17.3. The lowest BCUT2D eigenvalue weighted by atomic mass is 10.0. The third-order valence-corrected chi connectivity index (χ3v) is 4.48. The molecule has 1 N–H and O–H groups in total. The predicted molar refractivity (Wildman–Crippen MR) is 91.1 cm³/mol. The van der Waals surface area contributed by atoms with Crippen molar-refractivity contribution in [1.82, 2.24) is 20.1 Å². The Morgan fingerprint density at radius 2 is 2.17 bits per heavy atom. The molecule has 1 aliphatic rings. The summed E-state index contributed by atoms with van der Waals surface area (Å²) in [5.41, 5.74) is 3.44. The van der Waals surface area contributed by atoms with Gasteiger partial charge in [-0.3, -0.25) is 9.48 Å². The average Bonchev–Trinajstić information content (AvgIpc) is 3.15. The van der Waals surface area contributed by atoms with Crippen molar-refractivity contribution >= 4 is 11.6 Å². The van der Waals surface area contributed by atoms with Crippen LogP contribution in [0.15, 0.2) is 24.5 Å². The normalized spacial score (nSPS) is 20.2. The summed E-state index contributed by atoms with van der Waals surface area (Å²) in [6.07, 6.45) is 4.13. The summed E-state index contributed by atoms with van der Waals surface area (Å²) < 4.78 is 7.65. The number of hydrogen-bond donors (Lipinski definition) is 1. The Hall–Kier alpha value is -2.41. The number of aromatic nitrogens is 3. The summed E-state index contributed by atoms with van der Waals surface area (Å²) in [4.78, 5) is 18.7. The second-order valence-electron chi connectivity index (χ2n) is 6.27. The fourth-order valence-corrected chi connectivity index (χ4v) is 2.87. The summed E-state index contributed by atoms with van der Waals surface area (Å²) in [5, 5.41) is 7.32. The Kier molecular flexibility index (Phi) is 4.53. The molecular weight excluding hydrogens is 306 g/mol. The molecule has 0 aromatic carbocycles. The number of nitrogens with zero attached hydrogens (tertiary/aromatic N) is 4. The van der Waals surface area contributed by atoms with E-state index in [-0.39, 0.29) is 18.1 Å². The number of aryl methyl sites for hydroxylation is 1. The van der Waals surface area contributed by atoms with Gasteiger partial charge in [-0.25, -0.2) is 4.98 Å². The van der Waals surface area contributed by atoms with Crippen molar-refractivity contribution in [2.24, 2.45) is 7.05 Å². The first-order valence-corrected chi connectivity index (χ1v) is 8.01. The Morgan fingerprint density at radius 1 is 1.38 bits per heavy atom. The van der Waals surface area contributed by atoms with Gasteiger partial charge in [-0.05, 0) is 25.5 Å². The van der Waals surface area contributed by atoms with E-state index in [1.54, 1.807) is 12.3 Å². The van der Waals surface area contributed by atoms with Crippen LogP contribution >= 0.6 is 0 Å². The molecule has 1 fully saturated rings. The minimum atomic E-state index is -0.178. The number of ether oxygens (including phenoxy) is 1. The monoisotopic (exact) mass is 329 g/mol. The molecule has 1 saturated heterocycles. The fraction of sp³-hybridized carbons (Fsp3) is 0.471. The predicted octanol–water partition coefficient (Wildman–Crippen LogP) is 1.45. The van der Waals surface area contributed by atoms with Gasteiger partial charge in [0.15, 0.2) is 0 Å². The zero-order valence-corrected chi connectivity index (χ0v) is 14.5. The summed E-state index contributed by atoms with van der Waals surface area (Å²) in [5.74, 6) is -0.178. The molecule has 2 atom stereocenters. The highest BCUT2D eigenvalue weighted by molar-refractivity contribution is 5.92. The molecule has 128 valence electrons. The maximum absolute atomic E-state index is 12.5. The molecule has 3 rings (SSSR count). The SMILES string of the molecule is Cc1c([C@H]2OCC[C@@H]2NC(=O)c2ccc(N(C)C)cn2)cnn1C. The molecule has 0 bridgehead atoms. The van der Waals surface area contributed by atoms with Crippen LogP contribution in [0.1, 0.15) is 34.3 Å². The maximum Gasteiger partial charge on any atom is 0.270 e. The van der Waals surface area contributed by atoms with Crippen molar-refractivity contribution in [1.29, 1.82) is 0 Å². The molecule has 7 nitrogen and oxygen atoms in total. The van der Waals surface area contributed by atoms with E-state index in [1.165, 1.54) is 0 Å². The molecule has 24 heavy (non-hydrogen) atoms. The second-order valence-corrected chi connectivity index (χ2v) is 6.27. The number of carbonyl (C=O) groups is 1. The number of anilines is 1. The molecule has 0 radical (unpaired) electrons. The molecule has 0 spiro atoms. The van der Waals surface area contributed by atoms with Gasteiger partial charge in [0.1, 0.15) is 11.8 Å².